The molecule has 102 valence electrons. The van der Waals surface area contributed by atoms with Crippen LogP contribution in [0.5, 0.6) is 0 Å². The number of benzene rings is 1. The van der Waals surface area contributed by atoms with Crippen molar-refractivity contribution in [2.75, 3.05) is 13.1 Å². The van der Waals surface area contributed by atoms with Gasteiger partial charge in [0, 0.05) is 19.4 Å². The molecule has 1 aromatic heterocycles. The maximum Gasteiger partial charge on any atom is 0.121 e. The third-order valence-electron chi connectivity index (χ3n) is 3.20. The summed E-state index contributed by atoms with van der Waals surface area (Å²) in [4.78, 5) is 0. The number of hydrogen-bond acceptors (Lipinski definition) is 4. The summed E-state index contributed by atoms with van der Waals surface area (Å²) in [6.07, 6.45) is 1.86. The fourth-order valence-corrected chi connectivity index (χ4v) is 2.80. The van der Waals surface area contributed by atoms with Gasteiger partial charge in [0.1, 0.15) is 10.0 Å². The molecule has 0 bridgehead atoms. The SMILES string of the molecule is CCNCCc1nnc(Cc2ccc(C)c(C)c2)s1. The summed E-state index contributed by atoms with van der Waals surface area (Å²) in [6.45, 7) is 8.40. The fourth-order valence-electron chi connectivity index (χ4n) is 1.92. The Morgan fingerprint density at radius 2 is 1.89 bits per heavy atom. The largest absolute Gasteiger partial charge is 0.317 e. The summed E-state index contributed by atoms with van der Waals surface area (Å²) >= 11 is 1.73. The first-order valence-electron chi connectivity index (χ1n) is 6.77. The number of nitrogens with one attached hydrogen (secondary N) is 1. The molecule has 0 saturated heterocycles. The third kappa shape index (κ3) is 4.11. The van der Waals surface area contributed by atoms with Gasteiger partial charge in [0.2, 0.25) is 0 Å². The van der Waals surface area contributed by atoms with Crippen molar-refractivity contribution in [3.8, 4) is 0 Å². The first-order chi connectivity index (χ1) is 9.19. The summed E-state index contributed by atoms with van der Waals surface area (Å²) in [5.41, 5.74) is 4.00. The Balaban J connectivity index is 1.97. The van der Waals surface area contributed by atoms with Crippen LogP contribution in [0.3, 0.4) is 0 Å². The second kappa shape index (κ2) is 6.78. The van der Waals surface area contributed by atoms with Gasteiger partial charge in [-0.2, -0.15) is 0 Å². The van der Waals surface area contributed by atoms with Gasteiger partial charge in [0.15, 0.2) is 0 Å². The smallest absolute Gasteiger partial charge is 0.121 e. The van der Waals surface area contributed by atoms with Crippen LogP contribution in [0.4, 0.5) is 0 Å². The van der Waals surface area contributed by atoms with Crippen LogP contribution in [0.15, 0.2) is 18.2 Å². The highest BCUT2D eigenvalue weighted by Gasteiger charge is 2.05. The van der Waals surface area contributed by atoms with Crippen LogP contribution in [0.2, 0.25) is 0 Å². The molecule has 4 heteroatoms. The Bertz CT molecular complexity index is 534. The normalized spacial score (nSPS) is 10.9. The molecule has 0 aliphatic heterocycles. The first kappa shape index (κ1) is 14.2. The van der Waals surface area contributed by atoms with Gasteiger partial charge in [-0.05, 0) is 37.1 Å². The zero-order chi connectivity index (χ0) is 13.7. The van der Waals surface area contributed by atoms with Crippen molar-refractivity contribution >= 4 is 11.3 Å². The van der Waals surface area contributed by atoms with Gasteiger partial charge < -0.3 is 5.32 Å². The molecule has 0 unspecified atom stereocenters. The van der Waals surface area contributed by atoms with Crippen LogP contribution < -0.4 is 5.32 Å². The van der Waals surface area contributed by atoms with E-state index in [4.69, 9.17) is 0 Å². The summed E-state index contributed by atoms with van der Waals surface area (Å²) in [6, 6.07) is 6.61. The number of rotatable bonds is 6. The molecule has 0 fully saturated rings. The van der Waals surface area contributed by atoms with E-state index in [0.717, 1.165) is 35.9 Å². The summed E-state index contributed by atoms with van der Waals surface area (Å²) in [5, 5.41) is 14.1. The molecular formula is C15H21N3S. The lowest BCUT2D eigenvalue weighted by molar-refractivity contribution is 0.710. The second-order valence-corrected chi connectivity index (χ2v) is 5.94. The van der Waals surface area contributed by atoms with Gasteiger partial charge in [0.25, 0.3) is 0 Å². The Labute approximate surface area is 119 Å². The van der Waals surface area contributed by atoms with E-state index >= 15 is 0 Å². The molecule has 2 aromatic rings. The number of aromatic nitrogens is 2. The van der Waals surface area contributed by atoms with Crippen molar-refractivity contribution in [2.45, 2.75) is 33.6 Å². The number of likely N-dealkylation sites (N-methyl/N-ethyl adjacent to an activating group) is 1. The minimum absolute atomic E-state index is 0.889. The molecule has 19 heavy (non-hydrogen) atoms. The summed E-state index contributed by atoms with van der Waals surface area (Å²) in [5.74, 6) is 0. The lowest BCUT2D eigenvalue weighted by atomic mass is 10.0. The van der Waals surface area contributed by atoms with Crippen LogP contribution in [0, 0.1) is 13.8 Å². The maximum absolute atomic E-state index is 4.28. The highest BCUT2D eigenvalue weighted by atomic mass is 32.1. The van der Waals surface area contributed by atoms with Crippen molar-refractivity contribution in [3.05, 3.63) is 44.9 Å². The molecule has 1 heterocycles. The third-order valence-corrected chi connectivity index (χ3v) is 4.18. The first-order valence-corrected chi connectivity index (χ1v) is 7.58. The topological polar surface area (TPSA) is 37.8 Å². The van der Waals surface area contributed by atoms with Crippen molar-refractivity contribution in [2.24, 2.45) is 0 Å². The minimum Gasteiger partial charge on any atom is -0.317 e. The molecule has 1 aromatic carbocycles. The highest BCUT2D eigenvalue weighted by molar-refractivity contribution is 7.11. The molecule has 0 amide bonds. The van der Waals surface area contributed by atoms with E-state index in [1.807, 2.05) is 0 Å². The average molecular weight is 275 g/mol. The molecule has 0 atom stereocenters. The molecule has 1 N–H and O–H groups in total. The van der Waals surface area contributed by atoms with Crippen molar-refractivity contribution in [3.63, 3.8) is 0 Å². The molecule has 3 nitrogen and oxygen atoms in total. The molecule has 0 radical (unpaired) electrons. The van der Waals surface area contributed by atoms with E-state index < -0.39 is 0 Å². The van der Waals surface area contributed by atoms with E-state index in [-0.39, 0.29) is 0 Å². The van der Waals surface area contributed by atoms with Gasteiger partial charge in [-0.3, -0.25) is 0 Å². The van der Waals surface area contributed by atoms with Gasteiger partial charge in [-0.15, -0.1) is 21.5 Å². The van der Waals surface area contributed by atoms with Gasteiger partial charge in [0.05, 0.1) is 0 Å². The number of nitrogens with zero attached hydrogens (tertiary/aromatic N) is 2. The predicted molar refractivity (Wildman–Crippen MR) is 80.9 cm³/mol. The average Bonchev–Trinajstić information content (AvgIpc) is 2.82. The van der Waals surface area contributed by atoms with E-state index in [2.05, 4.69) is 54.5 Å². The van der Waals surface area contributed by atoms with E-state index in [9.17, 15) is 0 Å². The van der Waals surface area contributed by atoms with Crippen LogP contribution in [-0.4, -0.2) is 23.3 Å². The Morgan fingerprint density at radius 3 is 2.63 bits per heavy atom. The molecular weight excluding hydrogens is 254 g/mol. The Kier molecular flexibility index (Phi) is 5.05. The molecule has 0 aliphatic rings. The predicted octanol–water partition coefficient (Wildman–Crippen LogP) is 2.90. The van der Waals surface area contributed by atoms with E-state index in [1.54, 1.807) is 11.3 Å². The fraction of sp³-hybridized carbons (Fsp3) is 0.467. The lowest BCUT2D eigenvalue weighted by Gasteiger charge is -2.02. The maximum atomic E-state index is 4.28. The summed E-state index contributed by atoms with van der Waals surface area (Å²) in [7, 11) is 0. The highest BCUT2D eigenvalue weighted by Crippen LogP contribution is 2.17. The van der Waals surface area contributed by atoms with Crippen LogP contribution in [0.25, 0.3) is 0 Å². The minimum atomic E-state index is 0.889. The zero-order valence-electron chi connectivity index (χ0n) is 11.9. The standard InChI is InChI=1S/C15H21N3S/c1-4-16-8-7-14-17-18-15(19-14)10-13-6-5-11(2)12(3)9-13/h5-6,9,16H,4,7-8,10H2,1-3H3. The second-order valence-electron chi connectivity index (χ2n) is 4.79. The van der Waals surface area contributed by atoms with Gasteiger partial charge >= 0.3 is 0 Å². The summed E-state index contributed by atoms with van der Waals surface area (Å²) < 4.78 is 0. The molecule has 0 spiro atoms. The number of aryl methyl sites for hydroxylation is 2. The Hall–Kier alpha value is -1.26. The van der Waals surface area contributed by atoms with Crippen molar-refractivity contribution in [1.82, 2.24) is 15.5 Å². The van der Waals surface area contributed by atoms with Gasteiger partial charge in [-0.1, -0.05) is 25.1 Å². The van der Waals surface area contributed by atoms with Crippen LogP contribution >= 0.6 is 11.3 Å². The zero-order valence-corrected chi connectivity index (χ0v) is 12.7. The molecule has 0 saturated carbocycles. The quantitative estimate of drug-likeness (QED) is 0.824. The van der Waals surface area contributed by atoms with Gasteiger partial charge in [-0.25, -0.2) is 0 Å². The van der Waals surface area contributed by atoms with Crippen molar-refractivity contribution in [1.29, 1.82) is 0 Å². The molecule has 0 aliphatic carbocycles. The molecule has 2 rings (SSSR count). The van der Waals surface area contributed by atoms with Crippen molar-refractivity contribution < 1.29 is 0 Å². The number of hydrogen-bond donors (Lipinski definition) is 1. The van der Waals surface area contributed by atoms with Crippen LogP contribution in [-0.2, 0) is 12.8 Å². The van der Waals surface area contributed by atoms with E-state index in [1.165, 1.54) is 16.7 Å². The van der Waals surface area contributed by atoms with E-state index in [0.29, 0.717) is 0 Å². The Morgan fingerprint density at radius 1 is 1.11 bits per heavy atom. The van der Waals surface area contributed by atoms with Crippen LogP contribution in [0.1, 0.15) is 33.6 Å². The lowest BCUT2D eigenvalue weighted by Crippen LogP contribution is -2.15. The monoisotopic (exact) mass is 275 g/mol.